The first-order chi connectivity index (χ1) is 12.6. The van der Waals surface area contributed by atoms with Crippen molar-refractivity contribution in [1.82, 2.24) is 4.72 Å². The molecule has 2 aromatic carbocycles. The summed E-state index contributed by atoms with van der Waals surface area (Å²) in [6.07, 6.45) is -0.654. The molecule has 0 bridgehead atoms. The lowest BCUT2D eigenvalue weighted by Crippen LogP contribution is -2.34. The van der Waals surface area contributed by atoms with Crippen molar-refractivity contribution >= 4 is 31.6 Å². The highest BCUT2D eigenvalue weighted by atomic mass is 32.2. The van der Waals surface area contributed by atoms with Crippen molar-refractivity contribution in [3.05, 3.63) is 48.0 Å². The van der Waals surface area contributed by atoms with Crippen molar-refractivity contribution in [2.75, 3.05) is 5.32 Å². The van der Waals surface area contributed by atoms with Gasteiger partial charge in [0.15, 0.2) is 6.10 Å². The van der Waals surface area contributed by atoms with Gasteiger partial charge in [0.25, 0.3) is 5.91 Å². The molecule has 144 valence electrons. The van der Waals surface area contributed by atoms with Gasteiger partial charge in [-0.1, -0.05) is 12.1 Å². The second kappa shape index (κ2) is 6.93. The molecule has 0 radical (unpaired) electrons. The van der Waals surface area contributed by atoms with Gasteiger partial charge in [-0.3, -0.25) is 4.79 Å². The predicted molar refractivity (Wildman–Crippen MR) is 97.0 cm³/mol. The number of rotatable bonds is 5. The molecule has 1 amide bonds. The van der Waals surface area contributed by atoms with Crippen LogP contribution in [0.5, 0.6) is 5.75 Å². The SMILES string of the molecule is CC1Oc2ccc(S(=O)(=O)NCc3ccc(S(N)(=O)=O)cc3)cc2NC1=O. The molecule has 1 atom stereocenters. The molecule has 1 aliphatic rings. The molecular weight excluding hydrogens is 394 g/mol. The summed E-state index contributed by atoms with van der Waals surface area (Å²) in [6, 6.07) is 9.68. The first-order valence-corrected chi connectivity index (χ1v) is 10.8. The van der Waals surface area contributed by atoms with Crippen LogP contribution in [0.3, 0.4) is 0 Å². The van der Waals surface area contributed by atoms with E-state index < -0.39 is 26.2 Å². The fourth-order valence-electron chi connectivity index (χ4n) is 2.41. The number of amides is 1. The smallest absolute Gasteiger partial charge is 0.265 e. The van der Waals surface area contributed by atoms with Crippen LogP contribution < -0.4 is 19.9 Å². The molecule has 1 heterocycles. The Labute approximate surface area is 156 Å². The van der Waals surface area contributed by atoms with Crippen molar-refractivity contribution in [1.29, 1.82) is 0 Å². The minimum Gasteiger partial charge on any atom is -0.479 e. The van der Waals surface area contributed by atoms with Gasteiger partial charge in [-0.25, -0.2) is 26.7 Å². The Bertz CT molecular complexity index is 1100. The Morgan fingerprint density at radius 2 is 1.70 bits per heavy atom. The first-order valence-electron chi connectivity index (χ1n) is 7.79. The van der Waals surface area contributed by atoms with E-state index in [0.717, 1.165) is 0 Å². The van der Waals surface area contributed by atoms with Crippen LogP contribution in [-0.2, 0) is 31.4 Å². The molecule has 0 spiro atoms. The van der Waals surface area contributed by atoms with E-state index in [1.807, 2.05) is 0 Å². The Kier molecular flexibility index (Phi) is 4.95. The first kappa shape index (κ1) is 19.3. The van der Waals surface area contributed by atoms with E-state index in [2.05, 4.69) is 10.0 Å². The molecule has 3 rings (SSSR count). The fourth-order valence-corrected chi connectivity index (χ4v) is 3.97. The molecule has 0 saturated heterocycles. The van der Waals surface area contributed by atoms with Gasteiger partial charge in [-0.15, -0.1) is 0 Å². The van der Waals surface area contributed by atoms with Crippen LogP contribution in [0.1, 0.15) is 12.5 Å². The molecule has 1 aliphatic heterocycles. The number of nitrogens with two attached hydrogens (primary N) is 1. The average molecular weight is 411 g/mol. The summed E-state index contributed by atoms with van der Waals surface area (Å²) in [7, 11) is -7.67. The largest absolute Gasteiger partial charge is 0.479 e. The monoisotopic (exact) mass is 411 g/mol. The topological polar surface area (TPSA) is 145 Å². The van der Waals surface area contributed by atoms with Gasteiger partial charge in [-0.05, 0) is 42.8 Å². The Morgan fingerprint density at radius 3 is 2.33 bits per heavy atom. The molecular formula is C16H17N3O6S2. The van der Waals surface area contributed by atoms with Crippen LogP contribution in [-0.4, -0.2) is 28.8 Å². The molecule has 0 aromatic heterocycles. The van der Waals surface area contributed by atoms with Crippen molar-refractivity contribution in [3.8, 4) is 5.75 Å². The quantitative estimate of drug-likeness (QED) is 0.654. The summed E-state index contributed by atoms with van der Waals surface area (Å²) >= 11 is 0. The molecule has 0 saturated carbocycles. The van der Waals surface area contributed by atoms with Gasteiger partial charge in [0, 0.05) is 6.54 Å². The summed E-state index contributed by atoms with van der Waals surface area (Å²) < 4.78 is 55.2. The molecule has 1 unspecified atom stereocenters. The number of ether oxygens (including phenoxy) is 1. The normalized spacial score (nSPS) is 17.0. The van der Waals surface area contributed by atoms with E-state index in [9.17, 15) is 21.6 Å². The van der Waals surface area contributed by atoms with Crippen molar-refractivity contribution in [2.45, 2.75) is 29.4 Å². The number of primary sulfonamides is 1. The summed E-state index contributed by atoms with van der Waals surface area (Å²) in [6.45, 7) is 1.54. The number of hydrogen-bond acceptors (Lipinski definition) is 6. The van der Waals surface area contributed by atoms with Crippen LogP contribution >= 0.6 is 0 Å². The lowest BCUT2D eigenvalue weighted by atomic mass is 10.2. The van der Waals surface area contributed by atoms with Crippen LogP contribution in [0.15, 0.2) is 52.3 Å². The van der Waals surface area contributed by atoms with E-state index in [0.29, 0.717) is 11.3 Å². The number of fused-ring (bicyclic) bond motifs is 1. The van der Waals surface area contributed by atoms with Gasteiger partial charge in [0.05, 0.1) is 15.5 Å². The van der Waals surface area contributed by atoms with Crippen molar-refractivity contribution < 1.29 is 26.4 Å². The van der Waals surface area contributed by atoms with E-state index in [4.69, 9.17) is 9.88 Å². The maximum Gasteiger partial charge on any atom is 0.265 e. The summed E-state index contributed by atoms with van der Waals surface area (Å²) in [5, 5.41) is 7.61. The predicted octanol–water partition coefficient (Wildman–Crippen LogP) is 0.532. The number of anilines is 1. The highest BCUT2D eigenvalue weighted by Gasteiger charge is 2.25. The molecule has 11 heteroatoms. The maximum atomic E-state index is 12.5. The van der Waals surface area contributed by atoms with Crippen molar-refractivity contribution in [2.24, 2.45) is 5.14 Å². The van der Waals surface area contributed by atoms with E-state index in [1.165, 1.54) is 42.5 Å². The van der Waals surface area contributed by atoms with Crippen LogP contribution in [0, 0.1) is 0 Å². The average Bonchev–Trinajstić information content (AvgIpc) is 2.60. The summed E-state index contributed by atoms with van der Waals surface area (Å²) in [5.41, 5.74) is 0.827. The molecule has 27 heavy (non-hydrogen) atoms. The third-order valence-electron chi connectivity index (χ3n) is 3.91. The van der Waals surface area contributed by atoms with Crippen LogP contribution in [0.25, 0.3) is 0 Å². The highest BCUT2D eigenvalue weighted by Crippen LogP contribution is 2.31. The van der Waals surface area contributed by atoms with E-state index >= 15 is 0 Å². The van der Waals surface area contributed by atoms with Gasteiger partial charge in [0.2, 0.25) is 20.0 Å². The summed E-state index contributed by atoms with van der Waals surface area (Å²) in [4.78, 5) is 11.6. The lowest BCUT2D eigenvalue weighted by molar-refractivity contribution is -0.122. The number of carbonyl (C=O) groups excluding carboxylic acids is 1. The van der Waals surface area contributed by atoms with Crippen LogP contribution in [0.2, 0.25) is 0 Å². The zero-order valence-electron chi connectivity index (χ0n) is 14.2. The maximum absolute atomic E-state index is 12.5. The van der Waals surface area contributed by atoms with Gasteiger partial charge in [-0.2, -0.15) is 0 Å². The van der Waals surface area contributed by atoms with Crippen LogP contribution in [0.4, 0.5) is 5.69 Å². The molecule has 4 N–H and O–H groups in total. The number of sulfonamides is 2. The second-order valence-corrected chi connectivity index (χ2v) is 9.25. The van der Waals surface area contributed by atoms with Gasteiger partial charge >= 0.3 is 0 Å². The summed E-state index contributed by atoms with van der Waals surface area (Å²) in [5.74, 6) is 0.0274. The standard InChI is InChI=1S/C16H17N3O6S2/c1-10-16(20)19-14-8-13(6-7-15(14)25-10)27(23,24)18-9-11-2-4-12(5-3-11)26(17,21)22/h2-8,10,18H,9H2,1H3,(H,19,20)(H2,17,21,22). The zero-order valence-corrected chi connectivity index (χ0v) is 15.8. The molecule has 2 aromatic rings. The minimum atomic E-state index is -3.86. The lowest BCUT2D eigenvalue weighted by Gasteiger charge is -2.23. The zero-order chi connectivity index (χ0) is 19.8. The van der Waals surface area contributed by atoms with Gasteiger partial charge in [0.1, 0.15) is 5.75 Å². The Hall–Kier alpha value is -2.47. The van der Waals surface area contributed by atoms with E-state index in [1.54, 1.807) is 6.92 Å². The Balaban J connectivity index is 1.76. The van der Waals surface area contributed by atoms with Crippen molar-refractivity contribution in [3.63, 3.8) is 0 Å². The molecule has 0 aliphatic carbocycles. The molecule has 9 nitrogen and oxygen atoms in total. The third kappa shape index (κ3) is 4.27. The highest BCUT2D eigenvalue weighted by molar-refractivity contribution is 7.89. The number of nitrogens with one attached hydrogen (secondary N) is 2. The fraction of sp³-hybridized carbons (Fsp3) is 0.188. The number of hydrogen-bond donors (Lipinski definition) is 3. The molecule has 0 fully saturated rings. The number of benzene rings is 2. The van der Waals surface area contributed by atoms with E-state index in [-0.39, 0.29) is 27.9 Å². The Morgan fingerprint density at radius 1 is 1.07 bits per heavy atom. The third-order valence-corrected chi connectivity index (χ3v) is 6.24. The van der Waals surface area contributed by atoms with Gasteiger partial charge < -0.3 is 10.1 Å². The number of carbonyl (C=O) groups is 1. The second-order valence-electron chi connectivity index (χ2n) is 5.92. The minimum absolute atomic E-state index is 0.0409.